The van der Waals surface area contributed by atoms with Gasteiger partial charge in [-0.1, -0.05) is 13.3 Å². The summed E-state index contributed by atoms with van der Waals surface area (Å²) in [4.78, 5) is 5.27. The lowest BCUT2D eigenvalue weighted by Crippen LogP contribution is -1.97. The first-order chi connectivity index (χ1) is 7.79. The zero-order valence-corrected chi connectivity index (χ0v) is 10.2. The van der Waals surface area contributed by atoms with Crippen LogP contribution in [0.3, 0.4) is 0 Å². The second-order valence-electron chi connectivity index (χ2n) is 3.89. The van der Waals surface area contributed by atoms with Crippen molar-refractivity contribution >= 4 is 11.3 Å². The van der Waals surface area contributed by atoms with Crippen LogP contribution in [0.1, 0.15) is 36.3 Å². The summed E-state index contributed by atoms with van der Waals surface area (Å²) in [6.45, 7) is 2.92. The maximum atomic E-state index is 9.84. The zero-order chi connectivity index (χ0) is 11.4. The van der Waals surface area contributed by atoms with E-state index in [2.05, 4.69) is 16.5 Å². The number of rotatable bonds is 5. The van der Waals surface area contributed by atoms with E-state index in [1.807, 2.05) is 30.2 Å². The van der Waals surface area contributed by atoms with Gasteiger partial charge in [0.25, 0.3) is 0 Å². The highest BCUT2D eigenvalue weighted by Crippen LogP contribution is 2.19. The van der Waals surface area contributed by atoms with Gasteiger partial charge in [0.15, 0.2) is 0 Å². The van der Waals surface area contributed by atoms with Gasteiger partial charge in [-0.25, -0.2) is 0 Å². The first-order valence-electron chi connectivity index (χ1n) is 5.50. The number of nitrogens with zero attached hydrogens (tertiary/aromatic N) is 2. The fraction of sp³-hybridized carbons (Fsp3) is 0.417. The van der Waals surface area contributed by atoms with E-state index in [1.54, 1.807) is 11.3 Å². The number of aliphatic hydroxyl groups is 1. The van der Waals surface area contributed by atoms with Gasteiger partial charge in [0, 0.05) is 23.5 Å². The molecule has 0 aromatic carbocycles. The van der Waals surface area contributed by atoms with E-state index in [4.69, 9.17) is 0 Å². The molecule has 1 atom stereocenters. The molecule has 0 bridgehead atoms. The van der Waals surface area contributed by atoms with Crippen LogP contribution >= 0.6 is 11.3 Å². The monoisotopic (exact) mass is 236 g/mol. The summed E-state index contributed by atoms with van der Waals surface area (Å²) in [7, 11) is 0. The van der Waals surface area contributed by atoms with Crippen molar-refractivity contribution in [3.8, 4) is 0 Å². The lowest BCUT2D eigenvalue weighted by Gasteiger charge is -2.06. The quantitative estimate of drug-likeness (QED) is 0.867. The summed E-state index contributed by atoms with van der Waals surface area (Å²) in [6, 6.07) is 1.99. The standard InChI is InChI=1S/C12H16N2OS/c1-2-3-12(15)10-4-5-14(7-10)8-11-6-13-9-16-11/h4-7,9,12,15H,2-3,8H2,1H3. The Balaban J connectivity index is 2.02. The van der Waals surface area contributed by atoms with Crippen LogP contribution in [-0.4, -0.2) is 14.7 Å². The molecule has 2 heterocycles. The van der Waals surface area contributed by atoms with Crippen LogP contribution < -0.4 is 0 Å². The molecule has 0 saturated heterocycles. The Morgan fingerprint density at radius 3 is 3.12 bits per heavy atom. The molecule has 2 aromatic rings. The molecule has 0 amide bonds. The Hall–Kier alpha value is -1.13. The van der Waals surface area contributed by atoms with Crippen molar-refractivity contribution in [3.63, 3.8) is 0 Å². The van der Waals surface area contributed by atoms with E-state index in [-0.39, 0.29) is 6.10 Å². The molecule has 2 rings (SSSR count). The van der Waals surface area contributed by atoms with E-state index in [1.165, 1.54) is 4.88 Å². The molecule has 0 radical (unpaired) electrons. The summed E-state index contributed by atoms with van der Waals surface area (Å²) >= 11 is 1.65. The number of aliphatic hydroxyl groups excluding tert-OH is 1. The fourth-order valence-electron chi connectivity index (χ4n) is 1.70. The average Bonchev–Trinajstić information content (AvgIpc) is 2.90. The Labute approximate surface area is 99.4 Å². The van der Waals surface area contributed by atoms with Gasteiger partial charge < -0.3 is 9.67 Å². The van der Waals surface area contributed by atoms with Crippen LogP contribution in [0.25, 0.3) is 0 Å². The number of thiazole rings is 1. The topological polar surface area (TPSA) is 38.0 Å². The second-order valence-corrected chi connectivity index (χ2v) is 4.86. The van der Waals surface area contributed by atoms with Crippen molar-refractivity contribution in [2.24, 2.45) is 0 Å². The van der Waals surface area contributed by atoms with Crippen LogP contribution in [0.4, 0.5) is 0 Å². The van der Waals surface area contributed by atoms with Crippen LogP contribution in [0.15, 0.2) is 30.2 Å². The van der Waals surface area contributed by atoms with Gasteiger partial charge in [-0.15, -0.1) is 11.3 Å². The molecule has 1 unspecified atom stereocenters. The summed E-state index contributed by atoms with van der Waals surface area (Å²) in [5, 5.41) is 9.84. The Bertz CT molecular complexity index is 422. The minimum absolute atomic E-state index is 0.326. The van der Waals surface area contributed by atoms with Crippen molar-refractivity contribution < 1.29 is 5.11 Å². The van der Waals surface area contributed by atoms with Crippen molar-refractivity contribution in [1.29, 1.82) is 0 Å². The molecule has 0 aliphatic heterocycles. The fourth-order valence-corrected chi connectivity index (χ4v) is 2.30. The first kappa shape index (κ1) is 11.4. The molecular weight excluding hydrogens is 220 g/mol. The lowest BCUT2D eigenvalue weighted by molar-refractivity contribution is 0.166. The van der Waals surface area contributed by atoms with E-state index in [9.17, 15) is 5.11 Å². The predicted octanol–water partition coefficient (Wildman–Crippen LogP) is 2.83. The number of hydrogen-bond donors (Lipinski definition) is 1. The van der Waals surface area contributed by atoms with Gasteiger partial charge in [-0.2, -0.15) is 0 Å². The largest absolute Gasteiger partial charge is 0.388 e. The molecule has 86 valence electrons. The average molecular weight is 236 g/mol. The summed E-state index contributed by atoms with van der Waals surface area (Å²) in [5.74, 6) is 0. The molecule has 4 heteroatoms. The molecule has 0 aliphatic carbocycles. The minimum Gasteiger partial charge on any atom is -0.388 e. The normalized spacial score (nSPS) is 12.9. The van der Waals surface area contributed by atoms with E-state index in [0.717, 1.165) is 24.9 Å². The highest BCUT2D eigenvalue weighted by Gasteiger charge is 2.07. The number of hydrogen-bond acceptors (Lipinski definition) is 3. The first-order valence-corrected chi connectivity index (χ1v) is 6.38. The Morgan fingerprint density at radius 1 is 1.56 bits per heavy atom. The molecule has 16 heavy (non-hydrogen) atoms. The van der Waals surface area contributed by atoms with Crippen LogP contribution in [0.5, 0.6) is 0 Å². The smallest absolute Gasteiger partial charge is 0.0804 e. The summed E-state index contributed by atoms with van der Waals surface area (Å²) in [5.41, 5.74) is 2.84. The maximum absolute atomic E-state index is 9.84. The van der Waals surface area contributed by atoms with Crippen molar-refractivity contribution in [3.05, 3.63) is 40.6 Å². The molecule has 0 fully saturated rings. The van der Waals surface area contributed by atoms with E-state index < -0.39 is 0 Å². The molecule has 3 nitrogen and oxygen atoms in total. The van der Waals surface area contributed by atoms with Crippen LogP contribution in [0.2, 0.25) is 0 Å². The Kier molecular flexibility index (Phi) is 3.74. The molecule has 2 aromatic heterocycles. The van der Waals surface area contributed by atoms with E-state index >= 15 is 0 Å². The van der Waals surface area contributed by atoms with Crippen molar-refractivity contribution in [1.82, 2.24) is 9.55 Å². The molecule has 1 N–H and O–H groups in total. The van der Waals surface area contributed by atoms with Crippen LogP contribution in [-0.2, 0) is 6.54 Å². The highest BCUT2D eigenvalue weighted by molar-refractivity contribution is 7.09. The van der Waals surface area contributed by atoms with Crippen molar-refractivity contribution in [2.75, 3.05) is 0 Å². The predicted molar refractivity (Wildman–Crippen MR) is 65.5 cm³/mol. The maximum Gasteiger partial charge on any atom is 0.0804 e. The zero-order valence-electron chi connectivity index (χ0n) is 9.34. The molecular formula is C12H16N2OS. The Morgan fingerprint density at radius 2 is 2.44 bits per heavy atom. The van der Waals surface area contributed by atoms with Crippen LogP contribution in [0, 0.1) is 0 Å². The van der Waals surface area contributed by atoms with Gasteiger partial charge in [0.05, 0.1) is 18.2 Å². The third-order valence-electron chi connectivity index (χ3n) is 2.54. The van der Waals surface area contributed by atoms with Crippen molar-refractivity contribution in [2.45, 2.75) is 32.4 Å². The van der Waals surface area contributed by atoms with Gasteiger partial charge >= 0.3 is 0 Å². The third-order valence-corrected chi connectivity index (χ3v) is 3.31. The SMILES string of the molecule is CCCC(O)c1ccn(Cc2cncs2)c1. The van der Waals surface area contributed by atoms with E-state index in [0.29, 0.717) is 0 Å². The lowest BCUT2D eigenvalue weighted by atomic mass is 10.1. The summed E-state index contributed by atoms with van der Waals surface area (Å²) in [6.07, 6.45) is 7.40. The third kappa shape index (κ3) is 2.71. The van der Waals surface area contributed by atoms with Gasteiger partial charge in [-0.3, -0.25) is 4.98 Å². The number of aromatic nitrogens is 2. The van der Waals surface area contributed by atoms with Gasteiger partial charge in [0.2, 0.25) is 0 Å². The summed E-state index contributed by atoms with van der Waals surface area (Å²) < 4.78 is 2.09. The molecule has 0 saturated carbocycles. The molecule has 0 spiro atoms. The highest BCUT2D eigenvalue weighted by atomic mass is 32.1. The van der Waals surface area contributed by atoms with Gasteiger partial charge in [0.1, 0.15) is 0 Å². The second kappa shape index (κ2) is 5.27. The molecule has 0 aliphatic rings. The minimum atomic E-state index is -0.326. The van der Waals surface area contributed by atoms with Gasteiger partial charge in [-0.05, 0) is 18.1 Å².